The molecule has 6 N–H and O–H groups in total. The molecular weight excluding hydrogens is 352 g/mol. The van der Waals surface area contributed by atoms with Gasteiger partial charge in [-0.25, -0.2) is 4.79 Å². The summed E-state index contributed by atoms with van der Waals surface area (Å²) < 4.78 is 0. The molecule has 0 aliphatic rings. The van der Waals surface area contributed by atoms with Crippen molar-refractivity contribution in [2.75, 3.05) is 6.54 Å². The van der Waals surface area contributed by atoms with Crippen LogP contribution in [0.2, 0.25) is 0 Å². The number of aliphatic carboxylic acids is 1. The van der Waals surface area contributed by atoms with Crippen LogP contribution in [0, 0.1) is 17.8 Å². The second-order valence-electron chi connectivity index (χ2n) is 7.81. The first-order chi connectivity index (χ1) is 12.4. The Hall–Kier alpha value is -2.16. The van der Waals surface area contributed by atoms with Gasteiger partial charge in [-0.2, -0.15) is 0 Å². The summed E-state index contributed by atoms with van der Waals surface area (Å²) in [7, 11) is 0. The molecule has 3 atom stereocenters. The lowest BCUT2D eigenvalue weighted by Gasteiger charge is -2.25. The third-order valence-corrected chi connectivity index (χ3v) is 4.03. The van der Waals surface area contributed by atoms with Crippen molar-refractivity contribution in [2.45, 2.75) is 66.1 Å². The Balaban J connectivity index is 4.83. The molecule has 9 nitrogen and oxygen atoms in total. The lowest BCUT2D eigenvalue weighted by Crippen LogP contribution is -2.55. The Morgan fingerprint density at radius 2 is 1.44 bits per heavy atom. The standard InChI is InChI=1S/C18H34N4O5/c1-9(2)7-12(18(26)27)21-17(25)15(11(5)6)22-13(23)8-20-16(24)14(19)10(3)4/h9-12,14-15H,7-8,19H2,1-6H3,(H,20,24)(H,21,25)(H,22,23)(H,26,27). The van der Waals surface area contributed by atoms with Crippen molar-refractivity contribution in [1.29, 1.82) is 0 Å². The highest BCUT2D eigenvalue weighted by Gasteiger charge is 2.29. The molecule has 0 aromatic carbocycles. The van der Waals surface area contributed by atoms with Crippen LogP contribution in [0.25, 0.3) is 0 Å². The van der Waals surface area contributed by atoms with E-state index in [1.54, 1.807) is 27.7 Å². The third kappa shape index (κ3) is 9.37. The van der Waals surface area contributed by atoms with E-state index in [9.17, 15) is 24.3 Å². The first-order valence-electron chi connectivity index (χ1n) is 9.22. The van der Waals surface area contributed by atoms with Gasteiger partial charge in [0.15, 0.2) is 0 Å². The second-order valence-corrected chi connectivity index (χ2v) is 7.81. The van der Waals surface area contributed by atoms with Crippen molar-refractivity contribution in [3.8, 4) is 0 Å². The van der Waals surface area contributed by atoms with Crippen molar-refractivity contribution in [2.24, 2.45) is 23.5 Å². The number of nitrogens with one attached hydrogen (secondary N) is 3. The fourth-order valence-electron chi connectivity index (χ4n) is 2.30. The molecule has 0 saturated heterocycles. The summed E-state index contributed by atoms with van der Waals surface area (Å²) >= 11 is 0. The van der Waals surface area contributed by atoms with Crippen molar-refractivity contribution >= 4 is 23.7 Å². The Labute approximate surface area is 160 Å². The van der Waals surface area contributed by atoms with E-state index in [2.05, 4.69) is 16.0 Å². The van der Waals surface area contributed by atoms with E-state index in [-0.39, 0.29) is 30.7 Å². The quantitative estimate of drug-likeness (QED) is 0.333. The van der Waals surface area contributed by atoms with Gasteiger partial charge in [0.1, 0.15) is 12.1 Å². The van der Waals surface area contributed by atoms with Crippen LogP contribution in [0.3, 0.4) is 0 Å². The van der Waals surface area contributed by atoms with Crippen LogP contribution in [0.15, 0.2) is 0 Å². The molecule has 0 heterocycles. The van der Waals surface area contributed by atoms with Crippen LogP contribution in [0.1, 0.15) is 48.0 Å². The third-order valence-electron chi connectivity index (χ3n) is 4.03. The number of amides is 3. The topological polar surface area (TPSA) is 151 Å². The van der Waals surface area contributed by atoms with Crippen LogP contribution in [-0.4, -0.2) is 53.5 Å². The number of hydrogen-bond donors (Lipinski definition) is 5. The second kappa shape index (κ2) is 11.5. The van der Waals surface area contributed by atoms with E-state index in [1.165, 1.54) is 0 Å². The van der Waals surface area contributed by atoms with Gasteiger partial charge in [-0.05, 0) is 24.2 Å². The molecule has 156 valence electrons. The first kappa shape index (κ1) is 24.8. The largest absolute Gasteiger partial charge is 0.480 e. The average Bonchev–Trinajstić information content (AvgIpc) is 2.54. The predicted octanol–water partition coefficient (Wildman–Crippen LogP) is -0.158. The zero-order valence-corrected chi connectivity index (χ0v) is 17.0. The van der Waals surface area contributed by atoms with Crippen molar-refractivity contribution in [1.82, 2.24) is 16.0 Å². The fraction of sp³-hybridized carbons (Fsp3) is 0.778. The van der Waals surface area contributed by atoms with E-state index in [0.29, 0.717) is 0 Å². The monoisotopic (exact) mass is 386 g/mol. The summed E-state index contributed by atoms with van der Waals surface area (Å²) in [5.74, 6) is -2.96. The summed E-state index contributed by atoms with van der Waals surface area (Å²) in [6, 6.07) is -2.67. The number of hydrogen-bond acceptors (Lipinski definition) is 5. The highest BCUT2D eigenvalue weighted by molar-refractivity contribution is 5.92. The fourth-order valence-corrected chi connectivity index (χ4v) is 2.30. The molecule has 0 radical (unpaired) electrons. The molecule has 0 bridgehead atoms. The van der Waals surface area contributed by atoms with Crippen LogP contribution in [0.4, 0.5) is 0 Å². The van der Waals surface area contributed by atoms with E-state index in [4.69, 9.17) is 5.73 Å². The van der Waals surface area contributed by atoms with E-state index < -0.39 is 41.8 Å². The lowest BCUT2D eigenvalue weighted by molar-refractivity contribution is -0.143. The van der Waals surface area contributed by atoms with Crippen molar-refractivity contribution in [3.63, 3.8) is 0 Å². The molecule has 0 aliphatic carbocycles. The Morgan fingerprint density at radius 3 is 1.85 bits per heavy atom. The molecule has 9 heteroatoms. The smallest absolute Gasteiger partial charge is 0.326 e. The van der Waals surface area contributed by atoms with Crippen LogP contribution < -0.4 is 21.7 Å². The molecule has 0 rings (SSSR count). The summed E-state index contributed by atoms with van der Waals surface area (Å²) in [5, 5.41) is 16.7. The zero-order valence-electron chi connectivity index (χ0n) is 17.0. The number of carboxylic acids is 1. The maximum Gasteiger partial charge on any atom is 0.326 e. The Kier molecular flexibility index (Phi) is 10.6. The molecule has 0 aliphatic heterocycles. The molecule has 0 saturated carbocycles. The number of carboxylic acid groups (broad SMARTS) is 1. The molecule has 3 amide bonds. The minimum absolute atomic E-state index is 0.0730. The number of rotatable bonds is 11. The highest BCUT2D eigenvalue weighted by Crippen LogP contribution is 2.08. The molecule has 0 aromatic rings. The van der Waals surface area contributed by atoms with E-state index >= 15 is 0 Å². The molecular formula is C18H34N4O5. The van der Waals surface area contributed by atoms with Gasteiger partial charge in [0, 0.05) is 0 Å². The Bertz CT molecular complexity index is 534. The Morgan fingerprint density at radius 1 is 0.889 bits per heavy atom. The molecule has 3 unspecified atom stereocenters. The summed E-state index contributed by atoms with van der Waals surface area (Å²) in [5.41, 5.74) is 5.70. The van der Waals surface area contributed by atoms with Gasteiger partial charge >= 0.3 is 5.97 Å². The SMILES string of the molecule is CC(C)CC(NC(=O)C(NC(=O)CNC(=O)C(N)C(C)C)C(C)C)C(=O)O. The number of carbonyl (C=O) groups is 4. The summed E-state index contributed by atoms with van der Waals surface area (Å²) in [4.78, 5) is 47.7. The number of carbonyl (C=O) groups excluding carboxylic acids is 3. The minimum atomic E-state index is -1.12. The van der Waals surface area contributed by atoms with Crippen LogP contribution >= 0.6 is 0 Å². The van der Waals surface area contributed by atoms with Gasteiger partial charge in [-0.1, -0.05) is 41.5 Å². The molecule has 0 spiro atoms. The van der Waals surface area contributed by atoms with Gasteiger partial charge in [-0.15, -0.1) is 0 Å². The maximum absolute atomic E-state index is 12.5. The number of nitrogens with two attached hydrogens (primary N) is 1. The lowest BCUT2D eigenvalue weighted by atomic mass is 10.0. The normalized spacial score (nSPS) is 14.6. The molecule has 0 fully saturated rings. The van der Waals surface area contributed by atoms with Gasteiger partial charge in [0.25, 0.3) is 0 Å². The van der Waals surface area contributed by atoms with Crippen molar-refractivity contribution < 1.29 is 24.3 Å². The van der Waals surface area contributed by atoms with E-state index in [1.807, 2.05) is 13.8 Å². The van der Waals surface area contributed by atoms with Gasteiger partial charge in [0.05, 0.1) is 12.6 Å². The molecule has 0 aromatic heterocycles. The first-order valence-corrected chi connectivity index (χ1v) is 9.22. The predicted molar refractivity (Wildman–Crippen MR) is 102 cm³/mol. The molecule has 27 heavy (non-hydrogen) atoms. The van der Waals surface area contributed by atoms with Gasteiger partial charge in [0.2, 0.25) is 17.7 Å². The summed E-state index contributed by atoms with van der Waals surface area (Å²) in [6.45, 7) is 10.4. The summed E-state index contributed by atoms with van der Waals surface area (Å²) in [6.07, 6.45) is 0.281. The van der Waals surface area contributed by atoms with Gasteiger partial charge in [-0.3, -0.25) is 14.4 Å². The van der Waals surface area contributed by atoms with Crippen LogP contribution in [0.5, 0.6) is 0 Å². The van der Waals surface area contributed by atoms with E-state index in [0.717, 1.165) is 0 Å². The highest BCUT2D eigenvalue weighted by atomic mass is 16.4. The average molecular weight is 386 g/mol. The van der Waals surface area contributed by atoms with Gasteiger partial charge < -0.3 is 26.8 Å². The maximum atomic E-state index is 12.5. The van der Waals surface area contributed by atoms with Crippen LogP contribution in [-0.2, 0) is 19.2 Å². The zero-order chi connectivity index (χ0) is 21.3. The minimum Gasteiger partial charge on any atom is -0.480 e. The van der Waals surface area contributed by atoms with Crippen molar-refractivity contribution in [3.05, 3.63) is 0 Å².